The molecule has 0 unspecified atom stereocenters. The lowest BCUT2D eigenvalue weighted by molar-refractivity contribution is 0.964. The Labute approximate surface area is 398 Å². The van der Waals surface area contributed by atoms with Crippen molar-refractivity contribution in [2.24, 2.45) is 0 Å². The van der Waals surface area contributed by atoms with Crippen LogP contribution >= 0.6 is 0 Å². The molecule has 0 fully saturated rings. The van der Waals surface area contributed by atoms with Gasteiger partial charge in [-0.2, -0.15) is 0 Å². The largest absolute Gasteiger partial charge is 0.310 e. The first-order chi connectivity index (χ1) is 32.5. The molecule has 0 saturated carbocycles. The van der Waals surface area contributed by atoms with Crippen LogP contribution in [0.4, 0.5) is 34.1 Å². The highest BCUT2D eigenvalue weighted by molar-refractivity contribution is 7.00. The predicted octanol–water partition coefficient (Wildman–Crippen LogP) is 18.3. The molecule has 0 heterocycles. The molecule has 2 nitrogen and oxygen atoms in total. The Morgan fingerprint density at radius 3 is 1.25 bits per heavy atom. The fourth-order valence-corrected chi connectivity index (χ4v) is 25.0. The van der Waals surface area contributed by atoms with Gasteiger partial charge in [-0.15, -0.1) is 0 Å². The van der Waals surface area contributed by atoms with Gasteiger partial charge in [0.25, 0.3) is 0 Å². The third-order valence-corrected chi connectivity index (χ3v) is 24.3. The second kappa shape index (κ2) is 16.6. The van der Waals surface area contributed by atoms with Crippen molar-refractivity contribution in [3.63, 3.8) is 0 Å². The second-order valence-corrected chi connectivity index (χ2v) is 31.2. The number of hydrogen-bond donors (Lipinski definition) is 0. The van der Waals surface area contributed by atoms with Crippen LogP contribution in [0.25, 0.3) is 54.9 Å². The van der Waals surface area contributed by atoms with Crippen LogP contribution in [0.3, 0.4) is 0 Å². The second-order valence-electron chi connectivity index (χ2n) is 20.2. The molecule has 10 aromatic carbocycles. The van der Waals surface area contributed by atoms with E-state index in [2.05, 4.69) is 280 Å². The first kappa shape index (κ1) is 42.4. The highest BCUT2D eigenvalue weighted by Crippen LogP contribution is 2.61. The van der Waals surface area contributed by atoms with Crippen LogP contribution in [-0.4, -0.2) is 16.1 Å². The van der Waals surface area contributed by atoms with E-state index in [-0.39, 0.29) is 4.66 Å². The van der Waals surface area contributed by atoms with Crippen LogP contribution in [0.2, 0.25) is 39.3 Å². The summed E-state index contributed by atoms with van der Waals surface area (Å²) in [6, 6.07) is 85.3. The highest BCUT2D eigenvalue weighted by Gasteiger charge is 2.59. The van der Waals surface area contributed by atoms with E-state index in [1.54, 1.807) is 5.56 Å². The minimum absolute atomic E-state index is 0.0616. The molecule has 0 aromatic heterocycles. The molecule has 0 N–H and O–H groups in total. The summed E-state index contributed by atoms with van der Waals surface area (Å²) in [4.78, 5) is 4.88. The van der Waals surface area contributed by atoms with E-state index in [0.717, 1.165) is 34.1 Å². The molecule has 0 spiro atoms. The van der Waals surface area contributed by atoms with Crippen molar-refractivity contribution in [1.82, 2.24) is 0 Å². The van der Waals surface area contributed by atoms with Crippen molar-refractivity contribution < 1.29 is 0 Å². The minimum atomic E-state index is -2.05. The molecule has 0 radical (unpaired) electrons. The maximum atomic E-state index is 2.63. The average Bonchev–Trinajstić information content (AvgIpc) is 3.66. The van der Waals surface area contributed by atoms with Crippen molar-refractivity contribution in [3.8, 4) is 33.4 Å². The average molecular weight is 897 g/mol. The molecule has 1 aliphatic rings. The highest BCUT2D eigenvalue weighted by atomic mass is 28.4. The molecule has 326 valence electrons. The number of benzene rings is 10. The van der Waals surface area contributed by atoms with Gasteiger partial charge in [-0.1, -0.05) is 203 Å². The van der Waals surface area contributed by atoms with Gasteiger partial charge in [0.1, 0.15) is 0 Å². The van der Waals surface area contributed by atoms with Gasteiger partial charge in [0.15, 0.2) is 0 Å². The Kier molecular flexibility index (Phi) is 10.5. The zero-order valence-electron chi connectivity index (χ0n) is 39.3. The number of nitrogens with zero attached hydrogens (tertiary/aromatic N) is 2. The van der Waals surface area contributed by atoms with Gasteiger partial charge in [0.2, 0.25) is 0 Å². The molecule has 0 aliphatic heterocycles. The van der Waals surface area contributed by atoms with Crippen molar-refractivity contribution in [2.45, 2.75) is 43.9 Å². The lowest BCUT2D eigenvalue weighted by Crippen LogP contribution is -2.63. The third-order valence-electron chi connectivity index (χ3n) is 14.3. The van der Waals surface area contributed by atoms with Crippen LogP contribution in [-0.2, 0) is 4.66 Å². The normalized spacial score (nSPS) is 13.0. The molecule has 11 rings (SSSR count). The SMILES string of the molecule is C[Si](C)(C)C1([Si](C)(C)C)c2cc3cc(N(c4ccccc4)c4ccccc4-c4ccccc4)ccc3cc2-c2ccc3cc(N(c4ccccc4)c4ccccc4-c4ccccc4)ccc3c21. The van der Waals surface area contributed by atoms with Crippen molar-refractivity contribution >= 4 is 71.8 Å². The Morgan fingerprint density at radius 2 is 0.746 bits per heavy atom. The number of fused-ring (bicyclic) bond motifs is 6. The molecule has 0 bridgehead atoms. The van der Waals surface area contributed by atoms with E-state index in [0.29, 0.717) is 0 Å². The van der Waals surface area contributed by atoms with Gasteiger partial charge in [-0.3, -0.25) is 0 Å². The van der Waals surface area contributed by atoms with Gasteiger partial charge in [-0.05, 0) is 122 Å². The Bertz CT molecular complexity index is 3410. The van der Waals surface area contributed by atoms with E-state index in [1.807, 2.05) is 0 Å². The minimum Gasteiger partial charge on any atom is -0.310 e. The summed E-state index contributed by atoms with van der Waals surface area (Å²) in [5.41, 5.74) is 17.6. The monoisotopic (exact) mass is 896 g/mol. The van der Waals surface area contributed by atoms with E-state index in [1.165, 1.54) is 60.5 Å². The van der Waals surface area contributed by atoms with Gasteiger partial charge in [0, 0.05) is 38.5 Å². The topological polar surface area (TPSA) is 6.48 Å². The summed E-state index contributed by atoms with van der Waals surface area (Å²) in [6.45, 7) is 15.8. The Balaban J connectivity index is 1.10. The maximum absolute atomic E-state index is 2.63. The molecule has 0 saturated heterocycles. The summed E-state index contributed by atoms with van der Waals surface area (Å²) < 4.78 is -0.0616. The van der Waals surface area contributed by atoms with Crippen LogP contribution in [0.1, 0.15) is 11.1 Å². The van der Waals surface area contributed by atoms with Gasteiger partial charge in [0.05, 0.1) is 27.5 Å². The van der Waals surface area contributed by atoms with Crippen LogP contribution in [0.5, 0.6) is 0 Å². The molecule has 10 aromatic rings. The molecular formula is C63H56N2Si2. The maximum Gasteiger partial charge on any atom is 0.0579 e. The van der Waals surface area contributed by atoms with E-state index in [4.69, 9.17) is 0 Å². The number of anilines is 6. The molecule has 0 atom stereocenters. The van der Waals surface area contributed by atoms with E-state index < -0.39 is 16.1 Å². The zero-order valence-corrected chi connectivity index (χ0v) is 41.3. The molecule has 67 heavy (non-hydrogen) atoms. The predicted molar refractivity (Wildman–Crippen MR) is 295 cm³/mol. The number of hydrogen-bond acceptors (Lipinski definition) is 2. The smallest absolute Gasteiger partial charge is 0.0579 e. The summed E-state index contributed by atoms with van der Waals surface area (Å²) in [5, 5.41) is 5.21. The fourth-order valence-electron chi connectivity index (χ4n) is 11.9. The van der Waals surface area contributed by atoms with Crippen LogP contribution in [0, 0.1) is 0 Å². The van der Waals surface area contributed by atoms with Crippen molar-refractivity contribution in [2.75, 3.05) is 9.80 Å². The zero-order chi connectivity index (χ0) is 45.9. The lowest BCUT2D eigenvalue weighted by atomic mass is 9.97. The van der Waals surface area contributed by atoms with E-state index >= 15 is 0 Å². The quantitative estimate of drug-likeness (QED) is 0.126. The Morgan fingerprint density at radius 1 is 0.313 bits per heavy atom. The first-order valence-electron chi connectivity index (χ1n) is 23.7. The van der Waals surface area contributed by atoms with Gasteiger partial charge < -0.3 is 9.80 Å². The van der Waals surface area contributed by atoms with Gasteiger partial charge in [-0.25, -0.2) is 0 Å². The van der Waals surface area contributed by atoms with E-state index in [9.17, 15) is 0 Å². The van der Waals surface area contributed by atoms with Crippen molar-refractivity contribution in [3.05, 3.63) is 242 Å². The standard InChI is InChI=1S/C63H56N2Si2/c1-66(2,3)63(67(4,5)6)59-44-49-42-52(64(50-27-15-9-16-28-50)60-33-21-19-31-54(60)45-23-11-7-12-24-45)37-35-47(49)43-58(59)57-39-36-48-41-53(38-40-56(48)62(57)63)65(51-29-17-10-18-30-51)61-34-22-20-32-55(61)46-25-13-8-14-26-46/h7-44H,1-6H3. The molecule has 0 amide bonds. The number of para-hydroxylation sites is 4. The molecule has 4 heteroatoms. The summed E-state index contributed by atoms with van der Waals surface area (Å²) >= 11 is 0. The molecule has 1 aliphatic carbocycles. The lowest BCUT2D eigenvalue weighted by Gasteiger charge is -2.51. The van der Waals surface area contributed by atoms with Crippen molar-refractivity contribution in [1.29, 1.82) is 0 Å². The summed E-state index contributed by atoms with van der Waals surface area (Å²) in [6.07, 6.45) is 0. The van der Waals surface area contributed by atoms with Crippen LogP contribution in [0.15, 0.2) is 231 Å². The fraction of sp³-hybridized carbons (Fsp3) is 0.111. The first-order valence-corrected chi connectivity index (χ1v) is 30.7. The number of rotatable bonds is 10. The van der Waals surface area contributed by atoms with Crippen LogP contribution < -0.4 is 9.80 Å². The molecular weight excluding hydrogens is 841 g/mol. The van der Waals surface area contributed by atoms with Gasteiger partial charge >= 0.3 is 0 Å². The summed E-state index contributed by atoms with van der Waals surface area (Å²) in [5.74, 6) is 0. The summed E-state index contributed by atoms with van der Waals surface area (Å²) in [7, 11) is -4.09. The third kappa shape index (κ3) is 7.06. The Hall–Kier alpha value is -7.25.